The molecule has 1 aliphatic rings. The number of pyridine rings is 2. The highest BCUT2D eigenvalue weighted by molar-refractivity contribution is 5.97. The van der Waals surface area contributed by atoms with Crippen LogP contribution in [0.15, 0.2) is 42.9 Å². The van der Waals surface area contributed by atoms with Crippen LogP contribution < -0.4 is 4.74 Å². The second kappa shape index (κ2) is 10.4. The topological polar surface area (TPSA) is 95.9 Å². The number of carbonyl (C=O) groups is 2. The number of aliphatic hydroxyl groups is 1. The molecule has 1 N–H and O–H groups in total. The first-order chi connectivity index (χ1) is 15.3. The van der Waals surface area contributed by atoms with Crippen LogP contribution in [0, 0.1) is 5.92 Å². The standard InChI is InChI=1S/C24H30N4O4/c1-5-7-18-10-20-22(26-11-18)32-21(16(2)13-28(24(20)31)17(3)15-29)14-27(4)23(30)19-8-6-9-25-12-19/h5-12,16-17,21,29H,13-15H2,1-4H3/b7-5+/t16-,17-,21-/m1/s1. The lowest BCUT2D eigenvalue weighted by atomic mass is 9.99. The van der Waals surface area contributed by atoms with Crippen LogP contribution in [0.2, 0.25) is 0 Å². The summed E-state index contributed by atoms with van der Waals surface area (Å²) >= 11 is 0. The SMILES string of the molecule is C/C=C/c1cnc2c(c1)C(=O)N([C@H](C)CO)C[C@@H](C)[C@@H](CN(C)C(=O)c1cccnc1)O2. The van der Waals surface area contributed by atoms with E-state index >= 15 is 0 Å². The number of nitrogens with zero attached hydrogens (tertiary/aromatic N) is 4. The van der Waals surface area contributed by atoms with Gasteiger partial charge in [0.2, 0.25) is 5.88 Å². The van der Waals surface area contributed by atoms with Crippen molar-refractivity contribution in [2.24, 2.45) is 5.92 Å². The number of hydrogen-bond donors (Lipinski definition) is 1. The zero-order valence-corrected chi connectivity index (χ0v) is 18.9. The number of carbonyl (C=O) groups excluding carboxylic acids is 2. The van der Waals surface area contributed by atoms with Crippen molar-refractivity contribution in [1.29, 1.82) is 0 Å². The van der Waals surface area contributed by atoms with Crippen LogP contribution >= 0.6 is 0 Å². The molecule has 0 bridgehead atoms. The Morgan fingerprint density at radius 1 is 1.44 bits per heavy atom. The van der Waals surface area contributed by atoms with E-state index in [2.05, 4.69) is 9.97 Å². The number of rotatable bonds is 6. The van der Waals surface area contributed by atoms with E-state index in [0.29, 0.717) is 24.2 Å². The Kier molecular flexibility index (Phi) is 7.58. The molecule has 0 radical (unpaired) electrons. The lowest BCUT2D eigenvalue weighted by Gasteiger charge is -2.37. The van der Waals surface area contributed by atoms with Crippen LogP contribution in [0.4, 0.5) is 0 Å². The fourth-order valence-electron chi connectivity index (χ4n) is 3.68. The second-order valence-electron chi connectivity index (χ2n) is 8.17. The fraction of sp³-hybridized carbons (Fsp3) is 0.417. The highest BCUT2D eigenvalue weighted by Gasteiger charge is 2.34. The largest absolute Gasteiger partial charge is 0.472 e. The van der Waals surface area contributed by atoms with Gasteiger partial charge in [-0.15, -0.1) is 0 Å². The number of aromatic nitrogens is 2. The van der Waals surface area contributed by atoms with Crippen molar-refractivity contribution in [1.82, 2.24) is 19.8 Å². The third-order valence-corrected chi connectivity index (χ3v) is 5.61. The molecule has 2 aromatic heterocycles. The van der Waals surface area contributed by atoms with Crippen molar-refractivity contribution < 1.29 is 19.4 Å². The zero-order chi connectivity index (χ0) is 23.3. The van der Waals surface area contributed by atoms with Gasteiger partial charge in [-0.05, 0) is 37.6 Å². The Labute approximate surface area is 188 Å². The maximum atomic E-state index is 13.3. The number of hydrogen-bond acceptors (Lipinski definition) is 6. The smallest absolute Gasteiger partial charge is 0.259 e. The summed E-state index contributed by atoms with van der Waals surface area (Å²) in [5.74, 6) is -0.269. The molecule has 0 saturated heterocycles. The first-order valence-electron chi connectivity index (χ1n) is 10.7. The minimum absolute atomic E-state index is 0.109. The van der Waals surface area contributed by atoms with Gasteiger partial charge >= 0.3 is 0 Å². The Hall–Kier alpha value is -3.26. The molecule has 32 heavy (non-hydrogen) atoms. The van der Waals surface area contributed by atoms with Crippen molar-refractivity contribution in [3.63, 3.8) is 0 Å². The molecule has 2 aromatic rings. The molecule has 0 saturated carbocycles. The van der Waals surface area contributed by atoms with E-state index in [0.717, 1.165) is 5.56 Å². The van der Waals surface area contributed by atoms with Crippen molar-refractivity contribution in [3.05, 3.63) is 59.6 Å². The summed E-state index contributed by atoms with van der Waals surface area (Å²) in [5.41, 5.74) is 1.63. The van der Waals surface area contributed by atoms with E-state index < -0.39 is 6.10 Å². The molecule has 3 rings (SSSR count). The van der Waals surface area contributed by atoms with E-state index in [1.165, 1.54) is 6.20 Å². The molecule has 0 spiro atoms. The van der Waals surface area contributed by atoms with Crippen LogP contribution in [0.25, 0.3) is 6.08 Å². The second-order valence-corrected chi connectivity index (χ2v) is 8.17. The molecule has 2 amide bonds. The molecule has 170 valence electrons. The summed E-state index contributed by atoms with van der Waals surface area (Å²) in [6.07, 6.45) is 8.13. The number of ether oxygens (including phenoxy) is 1. The van der Waals surface area contributed by atoms with Gasteiger partial charge in [0.15, 0.2) is 0 Å². The zero-order valence-electron chi connectivity index (χ0n) is 18.9. The van der Waals surface area contributed by atoms with Gasteiger partial charge in [0.25, 0.3) is 11.8 Å². The predicted octanol–water partition coefficient (Wildman–Crippen LogP) is 2.50. The number of fused-ring (bicyclic) bond motifs is 1. The minimum Gasteiger partial charge on any atom is -0.472 e. The molecule has 8 heteroatoms. The molecule has 0 aliphatic carbocycles. The molecule has 3 atom stereocenters. The number of amides is 2. The Morgan fingerprint density at radius 3 is 2.88 bits per heavy atom. The molecule has 1 aliphatic heterocycles. The average Bonchev–Trinajstić information content (AvgIpc) is 2.81. The van der Waals surface area contributed by atoms with Gasteiger partial charge in [-0.2, -0.15) is 0 Å². The van der Waals surface area contributed by atoms with Crippen LogP contribution in [0.3, 0.4) is 0 Å². The first-order valence-corrected chi connectivity index (χ1v) is 10.7. The van der Waals surface area contributed by atoms with Crippen LogP contribution in [0.1, 0.15) is 47.1 Å². The van der Waals surface area contributed by atoms with Crippen LogP contribution in [-0.2, 0) is 0 Å². The monoisotopic (exact) mass is 438 g/mol. The Morgan fingerprint density at radius 2 is 2.22 bits per heavy atom. The van der Waals surface area contributed by atoms with Crippen LogP contribution in [-0.4, -0.2) is 75.6 Å². The summed E-state index contributed by atoms with van der Waals surface area (Å²) in [6, 6.07) is 4.83. The minimum atomic E-state index is -0.402. The van der Waals surface area contributed by atoms with E-state index in [1.807, 2.05) is 32.9 Å². The summed E-state index contributed by atoms with van der Waals surface area (Å²) in [4.78, 5) is 37.8. The maximum Gasteiger partial charge on any atom is 0.259 e. The molecular weight excluding hydrogens is 408 g/mol. The van der Waals surface area contributed by atoms with Crippen molar-refractivity contribution in [2.45, 2.75) is 32.9 Å². The Bertz CT molecular complexity index is 979. The third-order valence-electron chi connectivity index (χ3n) is 5.61. The number of likely N-dealkylation sites (N-methyl/N-ethyl adjacent to an activating group) is 1. The molecule has 0 aromatic carbocycles. The van der Waals surface area contributed by atoms with E-state index in [1.54, 1.807) is 47.4 Å². The number of allylic oxidation sites excluding steroid dienone is 1. The van der Waals surface area contributed by atoms with Crippen molar-refractivity contribution in [3.8, 4) is 5.88 Å². The van der Waals surface area contributed by atoms with Crippen LogP contribution in [0.5, 0.6) is 5.88 Å². The fourth-order valence-corrected chi connectivity index (χ4v) is 3.68. The molecule has 3 heterocycles. The number of aliphatic hydroxyl groups excluding tert-OH is 1. The van der Waals surface area contributed by atoms with E-state index in [-0.39, 0.29) is 36.3 Å². The molecule has 0 fully saturated rings. The highest BCUT2D eigenvalue weighted by atomic mass is 16.5. The molecule has 0 unspecified atom stereocenters. The normalized spacial score (nSPS) is 19.7. The first kappa shape index (κ1) is 23.4. The quantitative estimate of drug-likeness (QED) is 0.745. The van der Waals surface area contributed by atoms with E-state index in [4.69, 9.17) is 4.74 Å². The maximum absolute atomic E-state index is 13.3. The summed E-state index contributed by atoms with van der Waals surface area (Å²) < 4.78 is 6.22. The predicted molar refractivity (Wildman–Crippen MR) is 121 cm³/mol. The van der Waals surface area contributed by atoms with Gasteiger partial charge in [0, 0.05) is 38.1 Å². The van der Waals surface area contributed by atoms with Crippen molar-refractivity contribution >= 4 is 17.9 Å². The molecule has 8 nitrogen and oxygen atoms in total. The van der Waals surface area contributed by atoms with Gasteiger partial charge in [-0.1, -0.05) is 19.1 Å². The van der Waals surface area contributed by atoms with Gasteiger partial charge in [-0.25, -0.2) is 4.98 Å². The lowest BCUT2D eigenvalue weighted by Crippen LogP contribution is -2.50. The molecular formula is C24H30N4O4. The lowest BCUT2D eigenvalue weighted by molar-refractivity contribution is 0.0313. The van der Waals surface area contributed by atoms with Gasteiger partial charge in [0.1, 0.15) is 11.7 Å². The average molecular weight is 439 g/mol. The van der Waals surface area contributed by atoms with Gasteiger partial charge in [-0.3, -0.25) is 14.6 Å². The van der Waals surface area contributed by atoms with Crippen molar-refractivity contribution in [2.75, 3.05) is 26.7 Å². The van der Waals surface area contributed by atoms with Gasteiger partial charge in [0.05, 0.1) is 24.8 Å². The van der Waals surface area contributed by atoms with E-state index in [9.17, 15) is 14.7 Å². The third kappa shape index (κ3) is 5.13. The van der Waals surface area contributed by atoms with Gasteiger partial charge < -0.3 is 19.6 Å². The summed E-state index contributed by atoms with van der Waals surface area (Å²) in [7, 11) is 1.72. The Balaban J connectivity index is 1.93. The highest BCUT2D eigenvalue weighted by Crippen LogP contribution is 2.27. The summed E-state index contributed by atoms with van der Waals surface area (Å²) in [5, 5.41) is 9.74. The summed E-state index contributed by atoms with van der Waals surface area (Å²) in [6.45, 7) is 6.21.